The molecule has 0 aliphatic heterocycles. The standard InChI is InChI=1S/C12H11BrClNS/c1-8(9-5-12(14)16-7-9)15-11-4-2-3-10(13)6-11/h2-8,15H,1H3. The summed E-state index contributed by atoms with van der Waals surface area (Å²) in [7, 11) is 0. The van der Waals surface area contributed by atoms with E-state index >= 15 is 0 Å². The Kier molecular flexibility index (Phi) is 3.90. The molecule has 16 heavy (non-hydrogen) atoms. The van der Waals surface area contributed by atoms with E-state index < -0.39 is 0 Å². The van der Waals surface area contributed by atoms with Gasteiger partial charge >= 0.3 is 0 Å². The van der Waals surface area contributed by atoms with Gasteiger partial charge < -0.3 is 5.32 Å². The molecule has 1 heterocycles. The van der Waals surface area contributed by atoms with Crippen molar-refractivity contribution < 1.29 is 0 Å². The van der Waals surface area contributed by atoms with Gasteiger partial charge in [0.25, 0.3) is 0 Å². The lowest BCUT2D eigenvalue weighted by Gasteiger charge is -2.14. The number of benzene rings is 1. The fourth-order valence-electron chi connectivity index (χ4n) is 1.46. The van der Waals surface area contributed by atoms with E-state index in [0.29, 0.717) is 0 Å². The number of thiophene rings is 1. The van der Waals surface area contributed by atoms with Gasteiger partial charge in [-0.25, -0.2) is 0 Å². The lowest BCUT2D eigenvalue weighted by molar-refractivity contribution is 0.890. The fourth-order valence-corrected chi connectivity index (χ4v) is 2.85. The lowest BCUT2D eigenvalue weighted by atomic mass is 10.1. The van der Waals surface area contributed by atoms with Gasteiger partial charge in [0.05, 0.1) is 4.34 Å². The molecule has 2 rings (SSSR count). The second kappa shape index (κ2) is 5.21. The van der Waals surface area contributed by atoms with Crippen LogP contribution in [0.1, 0.15) is 18.5 Å². The second-order valence-corrected chi connectivity index (χ2v) is 6.02. The summed E-state index contributed by atoms with van der Waals surface area (Å²) in [6.45, 7) is 2.12. The third kappa shape index (κ3) is 3.00. The number of anilines is 1. The predicted molar refractivity (Wildman–Crippen MR) is 75.5 cm³/mol. The first-order valence-corrected chi connectivity index (χ1v) is 6.96. The van der Waals surface area contributed by atoms with Crippen molar-refractivity contribution in [3.05, 3.63) is 50.1 Å². The molecule has 84 valence electrons. The number of rotatable bonds is 3. The predicted octanol–water partition coefficient (Wildman–Crippen LogP) is 5.34. The maximum atomic E-state index is 5.92. The molecule has 2 aromatic rings. The smallest absolute Gasteiger partial charge is 0.0931 e. The highest BCUT2D eigenvalue weighted by Crippen LogP contribution is 2.27. The first-order chi connectivity index (χ1) is 7.65. The van der Waals surface area contributed by atoms with Crippen molar-refractivity contribution in [2.45, 2.75) is 13.0 Å². The van der Waals surface area contributed by atoms with Crippen LogP contribution in [0.25, 0.3) is 0 Å². The third-order valence-corrected chi connectivity index (χ3v) is 3.90. The molecule has 0 amide bonds. The molecule has 1 aromatic carbocycles. The monoisotopic (exact) mass is 315 g/mol. The molecular formula is C12H11BrClNS. The Bertz CT molecular complexity index is 483. The van der Waals surface area contributed by atoms with Crippen LogP contribution in [-0.2, 0) is 0 Å². The van der Waals surface area contributed by atoms with Gasteiger partial charge in [-0.15, -0.1) is 11.3 Å². The van der Waals surface area contributed by atoms with Crippen LogP contribution in [0, 0.1) is 0 Å². The summed E-state index contributed by atoms with van der Waals surface area (Å²) in [5.74, 6) is 0. The van der Waals surface area contributed by atoms with Gasteiger partial charge in [-0.3, -0.25) is 0 Å². The fraction of sp³-hybridized carbons (Fsp3) is 0.167. The van der Waals surface area contributed by atoms with E-state index in [1.807, 2.05) is 18.2 Å². The van der Waals surface area contributed by atoms with Crippen molar-refractivity contribution in [2.75, 3.05) is 5.32 Å². The van der Waals surface area contributed by atoms with Gasteiger partial charge in [0, 0.05) is 16.2 Å². The molecule has 1 aromatic heterocycles. The minimum atomic E-state index is 0.262. The van der Waals surface area contributed by atoms with Crippen LogP contribution in [0.2, 0.25) is 4.34 Å². The largest absolute Gasteiger partial charge is 0.378 e. The van der Waals surface area contributed by atoms with Crippen molar-refractivity contribution in [2.24, 2.45) is 0 Å². The molecule has 0 aliphatic rings. The Morgan fingerprint density at radius 2 is 2.19 bits per heavy atom. The average molecular weight is 317 g/mol. The number of hydrogen-bond acceptors (Lipinski definition) is 2. The third-order valence-electron chi connectivity index (χ3n) is 2.30. The molecule has 1 atom stereocenters. The van der Waals surface area contributed by atoms with Gasteiger partial charge in [-0.1, -0.05) is 33.6 Å². The quantitative estimate of drug-likeness (QED) is 0.806. The molecule has 0 spiro atoms. The van der Waals surface area contributed by atoms with Crippen molar-refractivity contribution >= 4 is 44.6 Å². The number of hydrogen-bond donors (Lipinski definition) is 1. The molecule has 1 nitrogen and oxygen atoms in total. The first-order valence-electron chi connectivity index (χ1n) is 4.91. The summed E-state index contributed by atoms with van der Waals surface area (Å²) in [6.07, 6.45) is 0. The maximum Gasteiger partial charge on any atom is 0.0931 e. The summed E-state index contributed by atoms with van der Waals surface area (Å²) in [4.78, 5) is 0. The molecular weight excluding hydrogens is 306 g/mol. The average Bonchev–Trinajstić information content (AvgIpc) is 2.65. The van der Waals surface area contributed by atoms with Crippen LogP contribution in [0.4, 0.5) is 5.69 Å². The highest BCUT2D eigenvalue weighted by molar-refractivity contribution is 9.10. The Morgan fingerprint density at radius 1 is 1.38 bits per heavy atom. The summed E-state index contributed by atoms with van der Waals surface area (Å²) in [5, 5.41) is 5.51. The topological polar surface area (TPSA) is 12.0 Å². The van der Waals surface area contributed by atoms with E-state index in [0.717, 1.165) is 14.5 Å². The summed E-state index contributed by atoms with van der Waals surface area (Å²) < 4.78 is 1.91. The Morgan fingerprint density at radius 3 is 2.81 bits per heavy atom. The Hall–Kier alpha value is -0.510. The zero-order valence-electron chi connectivity index (χ0n) is 8.71. The zero-order valence-corrected chi connectivity index (χ0v) is 11.9. The molecule has 0 saturated heterocycles. The Labute approximate surface area is 113 Å². The van der Waals surface area contributed by atoms with Crippen molar-refractivity contribution in [1.29, 1.82) is 0 Å². The molecule has 1 unspecified atom stereocenters. The van der Waals surface area contributed by atoms with Crippen LogP contribution in [0.5, 0.6) is 0 Å². The summed E-state index contributed by atoms with van der Waals surface area (Å²) in [5.41, 5.74) is 2.32. The summed E-state index contributed by atoms with van der Waals surface area (Å²) >= 11 is 10.9. The normalized spacial score (nSPS) is 12.4. The van der Waals surface area contributed by atoms with Crippen molar-refractivity contribution in [3.63, 3.8) is 0 Å². The van der Waals surface area contributed by atoms with Crippen molar-refractivity contribution in [1.82, 2.24) is 0 Å². The molecule has 0 radical (unpaired) electrons. The lowest BCUT2D eigenvalue weighted by Crippen LogP contribution is -2.05. The van der Waals surface area contributed by atoms with Crippen LogP contribution in [0.3, 0.4) is 0 Å². The zero-order chi connectivity index (χ0) is 11.5. The minimum absolute atomic E-state index is 0.262. The van der Waals surface area contributed by atoms with Gasteiger partial charge in [0.15, 0.2) is 0 Å². The van der Waals surface area contributed by atoms with E-state index in [2.05, 4.69) is 45.7 Å². The summed E-state index contributed by atoms with van der Waals surface area (Å²) in [6, 6.07) is 10.4. The van der Waals surface area contributed by atoms with E-state index in [4.69, 9.17) is 11.6 Å². The van der Waals surface area contributed by atoms with Crippen molar-refractivity contribution in [3.8, 4) is 0 Å². The van der Waals surface area contributed by atoms with E-state index in [1.54, 1.807) is 11.3 Å². The van der Waals surface area contributed by atoms with E-state index in [9.17, 15) is 0 Å². The molecule has 1 N–H and O–H groups in total. The highest BCUT2D eigenvalue weighted by Gasteiger charge is 2.07. The highest BCUT2D eigenvalue weighted by atomic mass is 79.9. The van der Waals surface area contributed by atoms with Crippen LogP contribution >= 0.6 is 38.9 Å². The van der Waals surface area contributed by atoms with E-state index in [-0.39, 0.29) is 6.04 Å². The molecule has 0 bridgehead atoms. The number of nitrogens with one attached hydrogen (secondary N) is 1. The minimum Gasteiger partial charge on any atom is -0.378 e. The van der Waals surface area contributed by atoms with Crippen LogP contribution < -0.4 is 5.32 Å². The number of halogens is 2. The maximum absolute atomic E-state index is 5.92. The van der Waals surface area contributed by atoms with E-state index in [1.165, 1.54) is 5.56 Å². The van der Waals surface area contributed by atoms with Gasteiger partial charge in [0.1, 0.15) is 0 Å². The molecule has 4 heteroatoms. The van der Waals surface area contributed by atoms with Crippen LogP contribution in [0.15, 0.2) is 40.2 Å². The second-order valence-electron chi connectivity index (χ2n) is 3.56. The molecule has 0 aliphatic carbocycles. The van der Waals surface area contributed by atoms with Gasteiger partial charge in [-0.2, -0.15) is 0 Å². The Balaban J connectivity index is 2.10. The van der Waals surface area contributed by atoms with Gasteiger partial charge in [-0.05, 0) is 42.1 Å². The molecule has 0 saturated carbocycles. The van der Waals surface area contributed by atoms with Gasteiger partial charge in [0.2, 0.25) is 0 Å². The first kappa shape index (κ1) is 12.0. The van der Waals surface area contributed by atoms with Crippen LogP contribution in [-0.4, -0.2) is 0 Å². The molecule has 0 fully saturated rings. The SMILES string of the molecule is CC(Nc1cccc(Br)c1)c1csc(Cl)c1.